The van der Waals surface area contributed by atoms with Crippen molar-refractivity contribution in [3.05, 3.63) is 59.7 Å². The number of sulfonamides is 1. The first-order chi connectivity index (χ1) is 13.6. The van der Waals surface area contributed by atoms with E-state index in [-0.39, 0.29) is 5.91 Å². The zero-order valence-corrected chi connectivity index (χ0v) is 18.7. The van der Waals surface area contributed by atoms with Gasteiger partial charge in [0.1, 0.15) is 6.04 Å². The Morgan fingerprint density at radius 3 is 2.34 bits per heavy atom. The van der Waals surface area contributed by atoms with Gasteiger partial charge in [0, 0.05) is 25.8 Å². The molecule has 0 aliphatic heterocycles. The van der Waals surface area contributed by atoms with Crippen molar-refractivity contribution >= 4 is 27.3 Å². The van der Waals surface area contributed by atoms with Crippen LogP contribution in [0.15, 0.2) is 48.5 Å². The van der Waals surface area contributed by atoms with Gasteiger partial charge in [-0.25, -0.2) is 8.42 Å². The van der Waals surface area contributed by atoms with E-state index < -0.39 is 16.1 Å². The summed E-state index contributed by atoms with van der Waals surface area (Å²) in [7, 11) is -1.68. The molecule has 158 valence electrons. The first kappa shape index (κ1) is 22.7. The number of nitrogens with one attached hydrogen (secondary N) is 1. The second-order valence-electron chi connectivity index (χ2n) is 7.32. The lowest BCUT2D eigenvalue weighted by atomic mass is 10.1. The topological polar surface area (TPSA) is 69.7 Å². The molecule has 1 amide bonds. The van der Waals surface area contributed by atoms with Crippen LogP contribution in [0.25, 0.3) is 0 Å². The van der Waals surface area contributed by atoms with Crippen LogP contribution in [0.3, 0.4) is 0 Å². The van der Waals surface area contributed by atoms with E-state index in [9.17, 15) is 13.2 Å². The lowest BCUT2D eigenvalue weighted by Crippen LogP contribution is -2.50. The van der Waals surface area contributed by atoms with Gasteiger partial charge in [-0.1, -0.05) is 37.3 Å². The maximum atomic E-state index is 12.9. The molecule has 0 fully saturated rings. The van der Waals surface area contributed by atoms with Gasteiger partial charge in [-0.2, -0.15) is 0 Å². The highest BCUT2D eigenvalue weighted by Gasteiger charge is 2.32. The number of rotatable bonds is 9. The molecule has 0 saturated carbocycles. The van der Waals surface area contributed by atoms with Crippen molar-refractivity contribution in [1.82, 2.24) is 5.32 Å². The summed E-state index contributed by atoms with van der Waals surface area (Å²) in [4.78, 5) is 15.0. The molecule has 0 bridgehead atoms. The number of amides is 1. The molecule has 6 nitrogen and oxygen atoms in total. The number of likely N-dealkylation sites (N-methyl/N-ethyl adjacent to an activating group) is 1. The number of hydrogen-bond donors (Lipinski definition) is 1. The highest BCUT2D eigenvalue weighted by Crippen LogP contribution is 2.27. The zero-order chi connectivity index (χ0) is 21.6. The third-order valence-corrected chi connectivity index (χ3v) is 6.04. The molecular weight excluding hydrogens is 386 g/mol. The average molecular weight is 418 g/mol. The number of hydrogen-bond acceptors (Lipinski definition) is 4. The van der Waals surface area contributed by atoms with Crippen molar-refractivity contribution in [2.75, 3.05) is 35.6 Å². The lowest BCUT2D eigenvalue weighted by molar-refractivity contribution is -0.122. The van der Waals surface area contributed by atoms with Gasteiger partial charge in [0.25, 0.3) is 0 Å². The predicted molar refractivity (Wildman–Crippen MR) is 120 cm³/mol. The second-order valence-corrected chi connectivity index (χ2v) is 9.18. The van der Waals surface area contributed by atoms with E-state index in [1.165, 1.54) is 4.31 Å². The van der Waals surface area contributed by atoms with E-state index in [1.54, 1.807) is 0 Å². The van der Waals surface area contributed by atoms with Gasteiger partial charge in [0.15, 0.2) is 0 Å². The Kier molecular flexibility index (Phi) is 7.67. The average Bonchev–Trinajstić information content (AvgIpc) is 2.67. The summed E-state index contributed by atoms with van der Waals surface area (Å²) in [6, 6.07) is 14.7. The molecule has 0 unspecified atom stereocenters. The standard InChI is InChI=1S/C22H31N3O3S/c1-6-20(22(26)23-14-15-24(4)19-10-8-7-9-11-19)25(29(5,27)28)21-16-17(2)12-13-18(21)3/h7-13,16,20H,6,14-15H2,1-5H3,(H,23,26)/t20-/m0/s1. The largest absolute Gasteiger partial charge is 0.373 e. The van der Waals surface area contributed by atoms with Crippen LogP contribution in [0, 0.1) is 13.8 Å². The molecule has 0 aromatic heterocycles. The molecule has 1 N–H and O–H groups in total. The van der Waals surface area contributed by atoms with Crippen molar-refractivity contribution < 1.29 is 13.2 Å². The molecular formula is C22H31N3O3S. The molecule has 0 heterocycles. The molecule has 2 aromatic carbocycles. The van der Waals surface area contributed by atoms with Gasteiger partial charge < -0.3 is 10.2 Å². The second kappa shape index (κ2) is 9.78. The maximum absolute atomic E-state index is 12.9. The third kappa shape index (κ3) is 5.97. The Balaban J connectivity index is 2.15. The molecule has 1 atom stereocenters. The molecule has 0 saturated heterocycles. The van der Waals surface area contributed by atoms with Crippen LogP contribution < -0.4 is 14.5 Å². The molecule has 0 aliphatic rings. The van der Waals surface area contributed by atoms with Crippen LogP contribution in [0.4, 0.5) is 11.4 Å². The SMILES string of the molecule is CC[C@@H](C(=O)NCCN(C)c1ccccc1)N(c1cc(C)ccc1C)S(C)(=O)=O. The van der Waals surface area contributed by atoms with E-state index in [1.807, 2.05) is 81.2 Å². The van der Waals surface area contributed by atoms with E-state index in [2.05, 4.69) is 5.32 Å². The van der Waals surface area contributed by atoms with Gasteiger partial charge >= 0.3 is 0 Å². The first-order valence-electron chi connectivity index (χ1n) is 9.75. The van der Waals surface area contributed by atoms with Crippen LogP contribution in [0.2, 0.25) is 0 Å². The fourth-order valence-electron chi connectivity index (χ4n) is 3.27. The summed E-state index contributed by atoms with van der Waals surface area (Å²) >= 11 is 0. The summed E-state index contributed by atoms with van der Waals surface area (Å²) in [6.07, 6.45) is 1.52. The van der Waals surface area contributed by atoms with E-state index in [4.69, 9.17) is 0 Å². The lowest BCUT2D eigenvalue weighted by Gasteiger charge is -2.31. The van der Waals surface area contributed by atoms with Gasteiger partial charge in [0.05, 0.1) is 11.9 Å². The van der Waals surface area contributed by atoms with E-state index >= 15 is 0 Å². The van der Waals surface area contributed by atoms with Crippen molar-refractivity contribution in [2.45, 2.75) is 33.2 Å². The number of para-hydroxylation sites is 1. The molecule has 0 radical (unpaired) electrons. The zero-order valence-electron chi connectivity index (χ0n) is 17.8. The molecule has 0 aliphatic carbocycles. The minimum Gasteiger partial charge on any atom is -0.373 e. The highest BCUT2D eigenvalue weighted by atomic mass is 32.2. The summed E-state index contributed by atoms with van der Waals surface area (Å²) in [5.74, 6) is -0.291. The molecule has 0 spiro atoms. The first-order valence-corrected chi connectivity index (χ1v) is 11.6. The van der Waals surface area contributed by atoms with Gasteiger partial charge in [-0.15, -0.1) is 0 Å². The Hall–Kier alpha value is -2.54. The van der Waals surface area contributed by atoms with Crippen molar-refractivity contribution in [1.29, 1.82) is 0 Å². The number of carbonyl (C=O) groups is 1. The predicted octanol–water partition coefficient (Wildman–Crippen LogP) is 3.10. The van der Waals surface area contributed by atoms with Crippen LogP contribution in [0.1, 0.15) is 24.5 Å². The van der Waals surface area contributed by atoms with Crippen molar-refractivity contribution in [2.24, 2.45) is 0 Å². The van der Waals surface area contributed by atoms with Crippen LogP contribution in [0.5, 0.6) is 0 Å². The van der Waals surface area contributed by atoms with Crippen LogP contribution >= 0.6 is 0 Å². The summed E-state index contributed by atoms with van der Waals surface area (Å²) in [5.41, 5.74) is 3.37. The van der Waals surface area contributed by atoms with E-state index in [0.29, 0.717) is 25.2 Å². The maximum Gasteiger partial charge on any atom is 0.243 e. The molecule has 29 heavy (non-hydrogen) atoms. The monoisotopic (exact) mass is 417 g/mol. The number of carbonyl (C=O) groups excluding carboxylic acids is 1. The number of anilines is 2. The van der Waals surface area contributed by atoms with Gasteiger partial charge in [0.2, 0.25) is 15.9 Å². The third-order valence-electron chi connectivity index (χ3n) is 4.88. The number of aryl methyl sites for hydroxylation is 2. The Labute approximate surface area is 174 Å². The van der Waals surface area contributed by atoms with Crippen LogP contribution in [-0.2, 0) is 14.8 Å². The van der Waals surface area contributed by atoms with Gasteiger partial charge in [-0.3, -0.25) is 9.10 Å². The fourth-order valence-corrected chi connectivity index (χ4v) is 4.53. The Morgan fingerprint density at radius 2 is 1.76 bits per heavy atom. The minimum atomic E-state index is -3.64. The quantitative estimate of drug-likeness (QED) is 0.681. The van der Waals surface area contributed by atoms with E-state index in [0.717, 1.165) is 23.1 Å². The van der Waals surface area contributed by atoms with Gasteiger partial charge in [-0.05, 0) is 49.6 Å². The Bertz CT molecular complexity index is 930. The molecule has 2 rings (SSSR count). The summed E-state index contributed by atoms with van der Waals surface area (Å²) in [6.45, 7) is 6.62. The molecule has 7 heteroatoms. The summed E-state index contributed by atoms with van der Waals surface area (Å²) < 4.78 is 26.5. The minimum absolute atomic E-state index is 0.291. The Morgan fingerprint density at radius 1 is 1.10 bits per heavy atom. The smallest absolute Gasteiger partial charge is 0.243 e. The summed E-state index contributed by atoms with van der Waals surface area (Å²) in [5, 5.41) is 2.90. The fraction of sp³-hybridized carbons (Fsp3) is 0.409. The normalized spacial score (nSPS) is 12.3. The van der Waals surface area contributed by atoms with Crippen molar-refractivity contribution in [3.8, 4) is 0 Å². The highest BCUT2D eigenvalue weighted by molar-refractivity contribution is 7.92. The molecule has 2 aromatic rings. The van der Waals surface area contributed by atoms with Crippen LogP contribution in [-0.4, -0.2) is 46.8 Å². The number of nitrogens with zero attached hydrogens (tertiary/aromatic N) is 2. The van der Waals surface area contributed by atoms with Crippen molar-refractivity contribution in [3.63, 3.8) is 0 Å². The number of benzene rings is 2.